The molecule has 3 N–H and O–H groups in total. The minimum atomic E-state index is -4.51. The van der Waals surface area contributed by atoms with Crippen molar-refractivity contribution in [2.75, 3.05) is 6.54 Å². The molecule has 1 atom stereocenters. The number of aromatic hydroxyl groups is 1. The maximum Gasteiger partial charge on any atom is 0.426 e. The molecule has 0 aromatic heterocycles. The fraction of sp³-hybridized carbons (Fsp3) is 0.333. The molecule has 0 heterocycles. The fourth-order valence-electron chi connectivity index (χ4n) is 0.970. The topological polar surface area (TPSA) is 55.5 Å². The number of rotatable bonds is 3. The van der Waals surface area contributed by atoms with Crippen molar-refractivity contribution in [2.24, 2.45) is 5.73 Å². The predicted molar refractivity (Wildman–Crippen MR) is 47.6 cm³/mol. The maximum absolute atomic E-state index is 12.2. The van der Waals surface area contributed by atoms with Gasteiger partial charge in [-0.3, -0.25) is 0 Å². The van der Waals surface area contributed by atoms with E-state index in [9.17, 15) is 13.2 Å². The highest BCUT2D eigenvalue weighted by Crippen LogP contribution is 2.26. The fourth-order valence-corrected chi connectivity index (χ4v) is 0.970. The summed E-state index contributed by atoms with van der Waals surface area (Å²) in [5.41, 5.74) is 4.94. The number of ether oxygens (including phenoxy) is 1. The van der Waals surface area contributed by atoms with E-state index in [1.54, 1.807) is 0 Å². The first kappa shape index (κ1) is 11.6. The molecule has 0 aliphatic rings. The molecule has 1 aromatic carbocycles. The van der Waals surface area contributed by atoms with Crippen LogP contribution in [0.3, 0.4) is 0 Å². The van der Waals surface area contributed by atoms with E-state index in [1.165, 1.54) is 18.2 Å². The second-order valence-corrected chi connectivity index (χ2v) is 2.88. The number of phenols is 1. The van der Waals surface area contributed by atoms with E-state index in [1.807, 2.05) is 0 Å². The lowest BCUT2D eigenvalue weighted by molar-refractivity contribution is -0.191. The van der Waals surface area contributed by atoms with Gasteiger partial charge in [-0.2, -0.15) is 13.2 Å². The summed E-state index contributed by atoms with van der Waals surface area (Å²) in [4.78, 5) is 0. The van der Waals surface area contributed by atoms with E-state index in [-0.39, 0.29) is 11.5 Å². The molecular formula is C9H10F3NO2. The third-order valence-electron chi connectivity index (χ3n) is 1.68. The SMILES string of the molecule is NCC(Oc1cccc(O)c1)C(F)(F)F. The molecule has 1 aromatic rings. The van der Waals surface area contributed by atoms with Crippen molar-refractivity contribution < 1.29 is 23.0 Å². The van der Waals surface area contributed by atoms with E-state index in [0.29, 0.717) is 0 Å². The molecule has 0 saturated heterocycles. The van der Waals surface area contributed by atoms with Crippen molar-refractivity contribution >= 4 is 0 Å². The Morgan fingerprint density at radius 3 is 2.53 bits per heavy atom. The lowest BCUT2D eigenvalue weighted by atomic mass is 10.3. The lowest BCUT2D eigenvalue weighted by Gasteiger charge is -2.20. The van der Waals surface area contributed by atoms with Crippen LogP contribution >= 0.6 is 0 Å². The minimum Gasteiger partial charge on any atom is -0.508 e. The lowest BCUT2D eigenvalue weighted by Crippen LogP contribution is -2.40. The van der Waals surface area contributed by atoms with Gasteiger partial charge in [0.2, 0.25) is 6.10 Å². The summed E-state index contributed by atoms with van der Waals surface area (Å²) in [5, 5.41) is 9.01. The maximum atomic E-state index is 12.2. The monoisotopic (exact) mass is 221 g/mol. The summed E-state index contributed by atoms with van der Waals surface area (Å²) in [7, 11) is 0. The average Bonchev–Trinajstić information content (AvgIpc) is 2.12. The quantitative estimate of drug-likeness (QED) is 0.816. The molecule has 0 amide bonds. The average molecular weight is 221 g/mol. The largest absolute Gasteiger partial charge is 0.508 e. The molecule has 0 fully saturated rings. The van der Waals surface area contributed by atoms with E-state index >= 15 is 0 Å². The molecule has 0 aliphatic heterocycles. The van der Waals surface area contributed by atoms with Gasteiger partial charge in [-0.15, -0.1) is 0 Å². The van der Waals surface area contributed by atoms with Crippen LogP contribution in [0.25, 0.3) is 0 Å². The second kappa shape index (κ2) is 4.39. The van der Waals surface area contributed by atoms with Gasteiger partial charge in [-0.25, -0.2) is 0 Å². The first-order valence-corrected chi connectivity index (χ1v) is 4.16. The van der Waals surface area contributed by atoms with Crippen molar-refractivity contribution in [2.45, 2.75) is 12.3 Å². The molecule has 6 heteroatoms. The number of benzene rings is 1. The minimum absolute atomic E-state index is 0.0669. The number of phenolic OH excluding ortho intramolecular Hbond substituents is 1. The van der Waals surface area contributed by atoms with Gasteiger partial charge >= 0.3 is 6.18 Å². The van der Waals surface area contributed by atoms with Crippen LogP contribution in [-0.2, 0) is 0 Å². The first-order valence-electron chi connectivity index (χ1n) is 4.16. The Balaban J connectivity index is 2.76. The highest BCUT2D eigenvalue weighted by Gasteiger charge is 2.40. The van der Waals surface area contributed by atoms with Gasteiger partial charge in [0.25, 0.3) is 0 Å². The zero-order chi connectivity index (χ0) is 11.5. The molecular weight excluding hydrogens is 211 g/mol. The summed E-state index contributed by atoms with van der Waals surface area (Å²) < 4.78 is 41.3. The van der Waals surface area contributed by atoms with E-state index < -0.39 is 18.8 Å². The number of hydrogen-bond acceptors (Lipinski definition) is 3. The van der Waals surface area contributed by atoms with Crippen LogP contribution in [0.4, 0.5) is 13.2 Å². The van der Waals surface area contributed by atoms with Gasteiger partial charge < -0.3 is 15.6 Å². The molecule has 15 heavy (non-hydrogen) atoms. The molecule has 1 unspecified atom stereocenters. The molecule has 0 spiro atoms. The van der Waals surface area contributed by atoms with Crippen molar-refractivity contribution in [1.29, 1.82) is 0 Å². The zero-order valence-electron chi connectivity index (χ0n) is 7.66. The van der Waals surface area contributed by atoms with Crippen molar-refractivity contribution in [3.8, 4) is 11.5 Å². The van der Waals surface area contributed by atoms with E-state index in [2.05, 4.69) is 4.74 Å². The van der Waals surface area contributed by atoms with Gasteiger partial charge in [-0.1, -0.05) is 6.07 Å². The number of halogens is 3. The Morgan fingerprint density at radius 2 is 2.07 bits per heavy atom. The molecule has 0 aliphatic carbocycles. The molecule has 84 valence electrons. The highest BCUT2D eigenvalue weighted by atomic mass is 19.4. The van der Waals surface area contributed by atoms with Gasteiger partial charge in [0.1, 0.15) is 11.5 Å². The molecule has 0 bridgehead atoms. The van der Waals surface area contributed by atoms with Crippen LogP contribution in [0.2, 0.25) is 0 Å². The summed E-state index contributed by atoms with van der Waals surface area (Å²) in [6.45, 7) is -0.668. The van der Waals surface area contributed by atoms with Crippen LogP contribution in [0.1, 0.15) is 0 Å². The summed E-state index contributed by atoms with van der Waals surface area (Å²) in [5.74, 6) is -0.228. The Morgan fingerprint density at radius 1 is 1.40 bits per heavy atom. The highest BCUT2D eigenvalue weighted by molar-refractivity contribution is 5.31. The van der Waals surface area contributed by atoms with Crippen molar-refractivity contribution in [3.63, 3.8) is 0 Å². The zero-order valence-corrected chi connectivity index (χ0v) is 7.66. The van der Waals surface area contributed by atoms with Crippen LogP contribution in [0.15, 0.2) is 24.3 Å². The van der Waals surface area contributed by atoms with Gasteiger partial charge in [0, 0.05) is 12.6 Å². The van der Waals surface area contributed by atoms with Gasteiger partial charge in [-0.05, 0) is 12.1 Å². The molecule has 1 rings (SSSR count). The van der Waals surface area contributed by atoms with Gasteiger partial charge in [0.15, 0.2) is 0 Å². The Labute approximate surface area is 84.3 Å². The third kappa shape index (κ3) is 3.32. The standard InChI is InChI=1S/C9H10F3NO2/c10-9(11,12)8(5-13)15-7-3-1-2-6(14)4-7/h1-4,8,14H,5,13H2. The summed E-state index contributed by atoms with van der Waals surface area (Å²) in [6, 6.07) is 5.12. The van der Waals surface area contributed by atoms with Crippen LogP contribution in [0, 0.1) is 0 Å². The van der Waals surface area contributed by atoms with E-state index in [4.69, 9.17) is 10.8 Å². The second-order valence-electron chi connectivity index (χ2n) is 2.88. The van der Waals surface area contributed by atoms with Gasteiger partial charge in [0.05, 0.1) is 0 Å². The number of alkyl halides is 3. The number of nitrogens with two attached hydrogens (primary N) is 1. The van der Waals surface area contributed by atoms with Crippen LogP contribution in [-0.4, -0.2) is 23.9 Å². The Hall–Kier alpha value is -1.43. The predicted octanol–water partition coefficient (Wildman–Crippen LogP) is 1.66. The normalized spacial score (nSPS) is 13.6. The van der Waals surface area contributed by atoms with Crippen molar-refractivity contribution in [3.05, 3.63) is 24.3 Å². The molecule has 0 radical (unpaired) electrons. The first-order chi connectivity index (χ1) is 6.93. The Bertz CT molecular complexity index is 327. The van der Waals surface area contributed by atoms with Crippen LogP contribution < -0.4 is 10.5 Å². The van der Waals surface area contributed by atoms with E-state index in [0.717, 1.165) is 6.07 Å². The molecule has 0 saturated carbocycles. The smallest absolute Gasteiger partial charge is 0.426 e. The van der Waals surface area contributed by atoms with Crippen LogP contribution in [0.5, 0.6) is 11.5 Å². The summed E-state index contributed by atoms with van der Waals surface area (Å²) in [6.07, 6.45) is -6.57. The third-order valence-corrected chi connectivity index (χ3v) is 1.68. The number of hydrogen-bond donors (Lipinski definition) is 2. The van der Waals surface area contributed by atoms with Crippen molar-refractivity contribution in [1.82, 2.24) is 0 Å². The molecule has 3 nitrogen and oxygen atoms in total. The Kier molecular flexibility index (Phi) is 3.41. The summed E-state index contributed by atoms with van der Waals surface area (Å²) >= 11 is 0.